The Morgan fingerprint density at radius 3 is 2.69 bits per heavy atom. The van der Waals surface area contributed by atoms with Crippen LogP contribution in [-0.4, -0.2) is 41.0 Å². The van der Waals surface area contributed by atoms with Gasteiger partial charge in [-0.3, -0.25) is 14.7 Å². The highest BCUT2D eigenvalue weighted by Gasteiger charge is 2.43. The molecule has 6 nitrogen and oxygen atoms in total. The molecule has 2 aromatic heterocycles. The van der Waals surface area contributed by atoms with E-state index in [0.29, 0.717) is 23.1 Å². The summed E-state index contributed by atoms with van der Waals surface area (Å²) < 4.78 is 5.13. The molecule has 2 aromatic rings. The zero-order chi connectivity index (χ0) is 18.7. The predicted octanol–water partition coefficient (Wildman–Crippen LogP) is 2.72. The number of pyridine rings is 2. The average molecular weight is 375 g/mol. The Balaban J connectivity index is 1.87. The Bertz CT molecular complexity index is 766. The monoisotopic (exact) mass is 374 g/mol. The van der Waals surface area contributed by atoms with Crippen molar-refractivity contribution in [1.82, 2.24) is 14.9 Å². The zero-order valence-electron chi connectivity index (χ0n) is 15.0. The van der Waals surface area contributed by atoms with Crippen LogP contribution in [-0.2, 0) is 10.3 Å². The molecule has 7 heteroatoms. The smallest absolute Gasteiger partial charge is 0.243 e. The van der Waals surface area contributed by atoms with Crippen molar-refractivity contribution in [2.24, 2.45) is 5.73 Å². The van der Waals surface area contributed by atoms with E-state index < -0.39 is 11.4 Å². The lowest BCUT2D eigenvalue weighted by Gasteiger charge is -2.43. The lowest BCUT2D eigenvalue weighted by atomic mass is 9.85. The molecule has 0 aliphatic carbocycles. The second-order valence-corrected chi connectivity index (χ2v) is 7.15. The van der Waals surface area contributed by atoms with Crippen molar-refractivity contribution < 1.29 is 9.53 Å². The number of nitrogens with two attached hydrogens (primary N) is 1. The van der Waals surface area contributed by atoms with Crippen LogP contribution in [0, 0.1) is 0 Å². The van der Waals surface area contributed by atoms with E-state index in [1.165, 1.54) is 0 Å². The molecule has 2 N–H and O–H groups in total. The van der Waals surface area contributed by atoms with Crippen LogP contribution in [0.15, 0.2) is 36.7 Å². The van der Waals surface area contributed by atoms with E-state index in [2.05, 4.69) is 14.9 Å². The van der Waals surface area contributed by atoms with E-state index in [-0.39, 0.29) is 5.92 Å². The van der Waals surface area contributed by atoms with Gasteiger partial charge in [0.25, 0.3) is 0 Å². The van der Waals surface area contributed by atoms with E-state index >= 15 is 0 Å². The van der Waals surface area contributed by atoms with Gasteiger partial charge in [0, 0.05) is 25.0 Å². The lowest BCUT2D eigenvalue weighted by molar-refractivity contribution is -0.131. The molecule has 1 aliphatic heterocycles. The number of nitrogens with zero attached hydrogens (tertiary/aromatic N) is 3. The van der Waals surface area contributed by atoms with Gasteiger partial charge in [-0.1, -0.05) is 17.7 Å². The highest BCUT2D eigenvalue weighted by Crippen LogP contribution is 2.35. The van der Waals surface area contributed by atoms with Gasteiger partial charge in [-0.15, -0.1) is 0 Å². The summed E-state index contributed by atoms with van der Waals surface area (Å²) in [7, 11) is 1.60. The molecule has 3 rings (SSSR count). The largest absolute Gasteiger partial charge is 0.481 e. The minimum Gasteiger partial charge on any atom is -0.481 e. The van der Waals surface area contributed by atoms with E-state index in [1.54, 1.807) is 25.4 Å². The Labute approximate surface area is 158 Å². The van der Waals surface area contributed by atoms with Crippen LogP contribution >= 0.6 is 11.6 Å². The fourth-order valence-corrected chi connectivity index (χ4v) is 3.63. The van der Waals surface area contributed by atoms with Gasteiger partial charge >= 0.3 is 0 Å². The van der Waals surface area contributed by atoms with Crippen molar-refractivity contribution in [3.63, 3.8) is 0 Å². The van der Waals surface area contributed by atoms with Crippen LogP contribution in [0.1, 0.15) is 36.9 Å². The SMILES string of the molecule is COc1ccc(C2CCCN(C(C)(C(N)=O)c3ccc(Cl)cn3)C2)cn1. The van der Waals surface area contributed by atoms with Gasteiger partial charge in [0.2, 0.25) is 11.8 Å². The first-order chi connectivity index (χ1) is 12.4. The summed E-state index contributed by atoms with van der Waals surface area (Å²) in [4.78, 5) is 23.2. The number of amides is 1. The van der Waals surface area contributed by atoms with Gasteiger partial charge in [0.1, 0.15) is 5.54 Å². The summed E-state index contributed by atoms with van der Waals surface area (Å²) in [6.07, 6.45) is 5.39. The number of hydrogen-bond acceptors (Lipinski definition) is 5. The molecule has 1 saturated heterocycles. The summed E-state index contributed by atoms with van der Waals surface area (Å²) in [5.41, 5.74) is 6.57. The number of ether oxygens (including phenoxy) is 1. The second kappa shape index (κ2) is 7.60. The molecule has 1 amide bonds. The summed E-state index contributed by atoms with van der Waals surface area (Å²) in [5.74, 6) is 0.447. The molecule has 2 atom stereocenters. The van der Waals surface area contributed by atoms with Crippen molar-refractivity contribution in [1.29, 1.82) is 0 Å². The maximum atomic E-state index is 12.4. The molecule has 0 spiro atoms. The number of halogens is 1. The van der Waals surface area contributed by atoms with Crippen molar-refractivity contribution in [2.75, 3.05) is 20.2 Å². The molecule has 0 radical (unpaired) electrons. The lowest BCUT2D eigenvalue weighted by Crippen LogP contribution is -2.56. The third kappa shape index (κ3) is 3.52. The molecular weight excluding hydrogens is 352 g/mol. The minimum absolute atomic E-state index is 0.271. The van der Waals surface area contributed by atoms with E-state index in [9.17, 15) is 4.79 Å². The van der Waals surface area contributed by atoms with Gasteiger partial charge in [0.05, 0.1) is 17.8 Å². The van der Waals surface area contributed by atoms with E-state index in [0.717, 1.165) is 24.9 Å². The van der Waals surface area contributed by atoms with Crippen molar-refractivity contribution in [3.05, 3.63) is 52.9 Å². The van der Waals surface area contributed by atoms with Gasteiger partial charge in [-0.25, -0.2) is 4.98 Å². The highest BCUT2D eigenvalue weighted by atomic mass is 35.5. The molecule has 138 valence electrons. The third-order valence-corrected chi connectivity index (χ3v) is 5.42. The molecule has 26 heavy (non-hydrogen) atoms. The van der Waals surface area contributed by atoms with E-state index in [4.69, 9.17) is 22.1 Å². The Kier molecular flexibility index (Phi) is 5.44. The van der Waals surface area contributed by atoms with Crippen LogP contribution in [0.25, 0.3) is 0 Å². The second-order valence-electron chi connectivity index (χ2n) is 6.72. The van der Waals surface area contributed by atoms with Crippen molar-refractivity contribution >= 4 is 17.5 Å². The van der Waals surface area contributed by atoms with Gasteiger partial charge < -0.3 is 10.5 Å². The van der Waals surface area contributed by atoms with Crippen LogP contribution < -0.4 is 10.5 Å². The zero-order valence-corrected chi connectivity index (χ0v) is 15.7. The maximum Gasteiger partial charge on any atom is 0.243 e. The highest BCUT2D eigenvalue weighted by molar-refractivity contribution is 6.30. The maximum absolute atomic E-state index is 12.4. The first-order valence-electron chi connectivity index (χ1n) is 8.62. The number of piperidine rings is 1. The van der Waals surface area contributed by atoms with Crippen molar-refractivity contribution in [3.8, 4) is 5.88 Å². The fraction of sp³-hybridized carbons (Fsp3) is 0.421. The summed E-state index contributed by atoms with van der Waals surface area (Å²) in [6, 6.07) is 7.40. The fourth-order valence-electron chi connectivity index (χ4n) is 3.52. The predicted molar refractivity (Wildman–Crippen MR) is 100 cm³/mol. The third-order valence-electron chi connectivity index (χ3n) is 5.20. The minimum atomic E-state index is -0.983. The molecule has 1 fully saturated rings. The van der Waals surface area contributed by atoms with Crippen LogP contribution in [0.5, 0.6) is 5.88 Å². The van der Waals surface area contributed by atoms with E-state index in [1.807, 2.05) is 25.3 Å². The number of carbonyl (C=O) groups excluding carboxylic acids is 1. The van der Waals surface area contributed by atoms with Crippen molar-refractivity contribution in [2.45, 2.75) is 31.2 Å². The number of hydrogen-bond donors (Lipinski definition) is 1. The first-order valence-corrected chi connectivity index (χ1v) is 9.00. The number of methoxy groups -OCH3 is 1. The number of primary amides is 1. The molecule has 2 unspecified atom stereocenters. The average Bonchev–Trinajstić information content (AvgIpc) is 2.68. The Morgan fingerprint density at radius 2 is 2.12 bits per heavy atom. The molecular formula is C19H23ClN4O2. The number of aromatic nitrogens is 2. The standard InChI is InChI=1S/C19H23ClN4O2/c1-19(18(21)25,16-7-6-15(20)11-22-16)24-9-3-4-14(12-24)13-5-8-17(26-2)23-10-13/h5-8,10-11,14H,3-4,9,12H2,1-2H3,(H2,21,25). The molecule has 0 aromatic carbocycles. The number of carbonyl (C=O) groups is 1. The van der Waals surface area contributed by atoms with Gasteiger partial charge in [-0.05, 0) is 49.9 Å². The first kappa shape index (κ1) is 18.6. The van der Waals surface area contributed by atoms with Crippen LogP contribution in [0.4, 0.5) is 0 Å². The topological polar surface area (TPSA) is 81.3 Å². The molecule has 0 bridgehead atoms. The van der Waals surface area contributed by atoms with Gasteiger partial charge in [0.15, 0.2) is 0 Å². The van der Waals surface area contributed by atoms with Crippen LogP contribution in [0.3, 0.4) is 0 Å². The summed E-state index contributed by atoms with van der Waals surface area (Å²) >= 11 is 5.95. The Hall–Kier alpha value is -2.18. The summed E-state index contributed by atoms with van der Waals surface area (Å²) in [6.45, 7) is 3.32. The molecule has 1 aliphatic rings. The van der Waals surface area contributed by atoms with Crippen LogP contribution in [0.2, 0.25) is 5.02 Å². The summed E-state index contributed by atoms with van der Waals surface area (Å²) in [5, 5.41) is 0.529. The Morgan fingerprint density at radius 1 is 1.31 bits per heavy atom. The number of likely N-dealkylation sites (tertiary alicyclic amines) is 1. The molecule has 3 heterocycles. The molecule has 0 saturated carbocycles. The van der Waals surface area contributed by atoms with Gasteiger partial charge in [-0.2, -0.15) is 0 Å². The normalized spacial score (nSPS) is 20.3. The number of rotatable bonds is 5. The quantitative estimate of drug-likeness (QED) is 0.870.